The minimum absolute atomic E-state index is 0.147. The molecular formula is C18H25NOS3. The van der Waals surface area contributed by atoms with Crippen LogP contribution in [0.4, 0.5) is 0 Å². The van der Waals surface area contributed by atoms with Crippen molar-refractivity contribution in [2.45, 2.75) is 49.1 Å². The summed E-state index contributed by atoms with van der Waals surface area (Å²) in [5.41, 5.74) is 0. The van der Waals surface area contributed by atoms with Gasteiger partial charge in [-0.15, -0.1) is 34.9 Å². The maximum absolute atomic E-state index is 12.8. The molecule has 2 nitrogen and oxygen atoms in total. The quantitative estimate of drug-likeness (QED) is 0.821. The first-order valence-corrected chi connectivity index (χ1v) is 11.7. The van der Waals surface area contributed by atoms with Gasteiger partial charge >= 0.3 is 0 Å². The molecule has 5 heteroatoms. The molecule has 1 saturated heterocycles. The number of hydrogen-bond acceptors (Lipinski definition) is 4. The first kappa shape index (κ1) is 16.3. The van der Waals surface area contributed by atoms with E-state index < -0.39 is 0 Å². The van der Waals surface area contributed by atoms with Crippen molar-refractivity contribution in [2.24, 2.45) is 17.8 Å². The Hall–Kier alpha value is -0.130. The second-order valence-corrected chi connectivity index (χ2v) is 11.1. The highest BCUT2D eigenvalue weighted by Gasteiger charge is 2.55. The third-order valence-electron chi connectivity index (χ3n) is 5.82. The lowest BCUT2D eigenvalue weighted by molar-refractivity contribution is -0.128. The molecule has 0 radical (unpaired) electrons. The first-order valence-electron chi connectivity index (χ1n) is 8.81. The van der Waals surface area contributed by atoms with E-state index in [1.165, 1.54) is 35.6 Å². The minimum atomic E-state index is 0.147. The molecule has 126 valence electrons. The van der Waals surface area contributed by atoms with Crippen molar-refractivity contribution in [3.05, 3.63) is 22.4 Å². The van der Waals surface area contributed by atoms with Gasteiger partial charge in [0.2, 0.25) is 5.91 Å². The van der Waals surface area contributed by atoms with E-state index in [1.54, 1.807) is 11.3 Å². The molecular weight excluding hydrogens is 342 g/mol. The SMILES string of the molecule is C[C@@H](NC(=O)C1C[C@H]2CCC[C@@H](C1)C21SCCS1)c1cccs1. The highest BCUT2D eigenvalue weighted by Crippen LogP contribution is 2.64. The van der Waals surface area contributed by atoms with Gasteiger partial charge in [-0.05, 0) is 55.9 Å². The molecule has 2 aliphatic carbocycles. The average Bonchev–Trinajstić information content (AvgIpc) is 3.18. The van der Waals surface area contributed by atoms with Gasteiger partial charge in [0.1, 0.15) is 0 Å². The Morgan fingerprint density at radius 2 is 1.96 bits per heavy atom. The minimum Gasteiger partial charge on any atom is -0.349 e. The second kappa shape index (κ2) is 6.64. The summed E-state index contributed by atoms with van der Waals surface area (Å²) in [6.45, 7) is 2.11. The van der Waals surface area contributed by atoms with Crippen LogP contribution in [-0.4, -0.2) is 21.5 Å². The maximum atomic E-state index is 12.8. The summed E-state index contributed by atoms with van der Waals surface area (Å²) in [7, 11) is 0. The smallest absolute Gasteiger partial charge is 0.223 e. The van der Waals surface area contributed by atoms with E-state index in [0.29, 0.717) is 9.99 Å². The zero-order valence-corrected chi connectivity index (χ0v) is 16.1. The van der Waals surface area contributed by atoms with E-state index in [9.17, 15) is 4.79 Å². The van der Waals surface area contributed by atoms with Gasteiger partial charge in [-0.2, -0.15) is 0 Å². The zero-order chi connectivity index (χ0) is 15.9. The van der Waals surface area contributed by atoms with Gasteiger partial charge in [0, 0.05) is 22.3 Å². The van der Waals surface area contributed by atoms with Crippen molar-refractivity contribution < 1.29 is 4.79 Å². The van der Waals surface area contributed by atoms with Crippen LogP contribution in [0.3, 0.4) is 0 Å². The lowest BCUT2D eigenvalue weighted by Gasteiger charge is -2.52. The predicted octanol–water partition coefficient (Wildman–Crippen LogP) is 4.93. The number of carbonyl (C=O) groups is 1. The molecule has 4 atom stereocenters. The van der Waals surface area contributed by atoms with Crippen LogP contribution >= 0.6 is 34.9 Å². The number of carbonyl (C=O) groups excluding carboxylic acids is 1. The normalized spacial score (nSPS) is 33.5. The van der Waals surface area contributed by atoms with Crippen LogP contribution in [0.2, 0.25) is 0 Å². The van der Waals surface area contributed by atoms with Gasteiger partial charge in [-0.3, -0.25) is 4.79 Å². The molecule has 3 aliphatic rings. The molecule has 1 spiro atoms. The number of thioether (sulfide) groups is 2. The Morgan fingerprint density at radius 3 is 2.57 bits per heavy atom. The summed E-state index contributed by atoms with van der Waals surface area (Å²) >= 11 is 6.16. The molecule has 1 aliphatic heterocycles. The van der Waals surface area contributed by atoms with E-state index in [2.05, 4.69) is 53.3 Å². The second-order valence-electron chi connectivity index (χ2n) is 7.16. The van der Waals surface area contributed by atoms with E-state index in [-0.39, 0.29) is 12.0 Å². The predicted molar refractivity (Wildman–Crippen MR) is 102 cm³/mol. The summed E-state index contributed by atoms with van der Waals surface area (Å²) in [5, 5.41) is 5.36. The fourth-order valence-corrected chi connectivity index (χ4v) is 9.43. The first-order chi connectivity index (χ1) is 11.2. The van der Waals surface area contributed by atoms with Crippen molar-refractivity contribution in [1.29, 1.82) is 0 Å². The lowest BCUT2D eigenvalue weighted by Crippen LogP contribution is -2.49. The molecule has 1 unspecified atom stereocenters. The Bertz CT molecular complexity index is 537. The van der Waals surface area contributed by atoms with Crippen LogP contribution in [0.1, 0.15) is 49.9 Å². The highest BCUT2D eigenvalue weighted by atomic mass is 32.2. The molecule has 1 amide bonds. The van der Waals surface area contributed by atoms with E-state index in [4.69, 9.17) is 0 Å². The molecule has 2 saturated carbocycles. The van der Waals surface area contributed by atoms with Gasteiger partial charge in [-0.1, -0.05) is 12.5 Å². The number of amides is 1. The van der Waals surface area contributed by atoms with Crippen molar-refractivity contribution >= 4 is 40.8 Å². The van der Waals surface area contributed by atoms with Crippen LogP contribution in [0.5, 0.6) is 0 Å². The molecule has 2 heterocycles. The monoisotopic (exact) mass is 367 g/mol. The molecule has 1 N–H and O–H groups in total. The molecule has 1 aromatic rings. The Kier molecular flexibility index (Phi) is 4.72. The van der Waals surface area contributed by atoms with Gasteiger partial charge in [-0.25, -0.2) is 0 Å². The van der Waals surface area contributed by atoms with E-state index in [0.717, 1.165) is 24.7 Å². The van der Waals surface area contributed by atoms with Crippen molar-refractivity contribution in [3.8, 4) is 0 Å². The average molecular weight is 368 g/mol. The fraction of sp³-hybridized carbons (Fsp3) is 0.722. The van der Waals surface area contributed by atoms with Crippen LogP contribution in [-0.2, 0) is 4.79 Å². The van der Waals surface area contributed by atoms with Gasteiger partial charge in [0.05, 0.1) is 10.1 Å². The number of hydrogen-bond donors (Lipinski definition) is 1. The number of rotatable bonds is 3. The van der Waals surface area contributed by atoms with Crippen molar-refractivity contribution in [3.63, 3.8) is 0 Å². The Morgan fingerprint density at radius 1 is 1.26 bits per heavy atom. The third kappa shape index (κ3) is 2.98. The standard InChI is InChI=1S/C18H25NOS3/c1-12(16-6-3-7-21-16)19-17(20)13-10-14-4-2-5-15(11-13)18(14)22-8-9-23-18/h3,6-7,12-15H,2,4-5,8-11H2,1H3,(H,19,20)/t12-,13?,14-,15+/m1/s1. The number of nitrogens with one attached hydrogen (secondary N) is 1. The summed E-state index contributed by atoms with van der Waals surface area (Å²) < 4.78 is 0.467. The van der Waals surface area contributed by atoms with Gasteiger partial charge in [0.25, 0.3) is 0 Å². The Labute approximate surface area is 151 Å². The highest BCUT2D eigenvalue weighted by molar-refractivity contribution is 8.21. The van der Waals surface area contributed by atoms with Crippen molar-refractivity contribution in [1.82, 2.24) is 5.32 Å². The molecule has 1 aromatic heterocycles. The molecule has 2 bridgehead atoms. The van der Waals surface area contributed by atoms with Gasteiger partial charge in [0.15, 0.2) is 0 Å². The summed E-state index contributed by atoms with van der Waals surface area (Å²) in [5.74, 6) is 4.65. The fourth-order valence-electron chi connectivity index (χ4n) is 4.76. The van der Waals surface area contributed by atoms with E-state index >= 15 is 0 Å². The Balaban J connectivity index is 1.44. The largest absolute Gasteiger partial charge is 0.349 e. The van der Waals surface area contributed by atoms with E-state index in [1.807, 2.05) is 0 Å². The van der Waals surface area contributed by atoms with Crippen LogP contribution in [0, 0.1) is 17.8 Å². The summed E-state index contributed by atoms with van der Waals surface area (Å²) in [6.07, 6.45) is 6.26. The molecule has 0 aromatic carbocycles. The third-order valence-corrected chi connectivity index (χ3v) is 10.9. The topological polar surface area (TPSA) is 29.1 Å². The molecule has 3 fully saturated rings. The van der Waals surface area contributed by atoms with Crippen LogP contribution in [0.25, 0.3) is 0 Å². The maximum Gasteiger partial charge on any atom is 0.223 e. The zero-order valence-electron chi connectivity index (χ0n) is 13.6. The molecule has 4 rings (SSSR count). The summed E-state index contributed by atoms with van der Waals surface area (Å²) in [4.78, 5) is 14.1. The van der Waals surface area contributed by atoms with Gasteiger partial charge < -0.3 is 5.32 Å². The van der Waals surface area contributed by atoms with Crippen molar-refractivity contribution in [2.75, 3.05) is 11.5 Å². The number of thiophene rings is 1. The summed E-state index contributed by atoms with van der Waals surface area (Å²) in [6, 6.07) is 4.33. The molecule has 23 heavy (non-hydrogen) atoms. The van der Waals surface area contributed by atoms with Crippen LogP contribution in [0.15, 0.2) is 17.5 Å². The lowest BCUT2D eigenvalue weighted by atomic mass is 9.67. The van der Waals surface area contributed by atoms with Crippen LogP contribution < -0.4 is 5.32 Å².